The molecule has 2 aromatic rings. The minimum atomic E-state index is 0.223. The molecule has 0 N–H and O–H groups in total. The second kappa shape index (κ2) is 7.96. The third-order valence-corrected chi connectivity index (χ3v) is 4.48. The Hall–Kier alpha value is -2.63. The number of hydrogen-bond acceptors (Lipinski definition) is 5. The van der Waals surface area contributed by atoms with Gasteiger partial charge in [-0.3, -0.25) is 9.78 Å². The maximum atomic E-state index is 11.8. The van der Waals surface area contributed by atoms with E-state index >= 15 is 0 Å². The molecule has 25 heavy (non-hydrogen) atoms. The van der Waals surface area contributed by atoms with Gasteiger partial charge in [-0.25, -0.2) is 4.98 Å². The fourth-order valence-corrected chi connectivity index (χ4v) is 3.02. The molecule has 0 atom stereocenters. The fourth-order valence-electron chi connectivity index (χ4n) is 3.02. The quantitative estimate of drug-likeness (QED) is 0.834. The molecule has 1 aliphatic rings. The van der Waals surface area contributed by atoms with Gasteiger partial charge in [0.1, 0.15) is 11.5 Å². The van der Waals surface area contributed by atoms with E-state index < -0.39 is 0 Å². The van der Waals surface area contributed by atoms with Gasteiger partial charge in [0.2, 0.25) is 11.8 Å². The zero-order valence-electron chi connectivity index (χ0n) is 14.6. The molecule has 132 valence electrons. The lowest BCUT2D eigenvalue weighted by Crippen LogP contribution is -2.37. The van der Waals surface area contributed by atoms with Gasteiger partial charge in [-0.1, -0.05) is 6.92 Å². The van der Waals surface area contributed by atoms with Crippen LogP contribution < -0.4 is 9.47 Å². The van der Waals surface area contributed by atoms with E-state index in [2.05, 4.69) is 9.97 Å². The first-order chi connectivity index (χ1) is 12.2. The van der Waals surface area contributed by atoms with Crippen molar-refractivity contribution in [3.63, 3.8) is 0 Å². The molecule has 1 aromatic heterocycles. The highest BCUT2D eigenvalue weighted by molar-refractivity contribution is 5.75. The van der Waals surface area contributed by atoms with E-state index in [-0.39, 0.29) is 5.91 Å². The third-order valence-electron chi connectivity index (χ3n) is 4.48. The van der Waals surface area contributed by atoms with Crippen LogP contribution in [0.4, 0.5) is 0 Å². The molecule has 0 bridgehead atoms. The van der Waals surface area contributed by atoms with Crippen molar-refractivity contribution in [2.24, 2.45) is 0 Å². The molecule has 6 heteroatoms. The molecule has 2 heterocycles. The SMILES string of the molecule is CCC(=O)N1CCC(c2cncc(Oc3ccc(OC)cc3)n2)CC1. The summed E-state index contributed by atoms with van der Waals surface area (Å²) in [4.78, 5) is 22.6. The molecule has 0 spiro atoms. The van der Waals surface area contributed by atoms with Crippen LogP contribution in [-0.4, -0.2) is 41.0 Å². The summed E-state index contributed by atoms with van der Waals surface area (Å²) in [5.41, 5.74) is 0.926. The lowest BCUT2D eigenvalue weighted by Gasteiger charge is -2.31. The number of hydrogen-bond donors (Lipinski definition) is 0. The van der Waals surface area contributed by atoms with Gasteiger partial charge < -0.3 is 14.4 Å². The van der Waals surface area contributed by atoms with Gasteiger partial charge in [0.25, 0.3) is 0 Å². The Morgan fingerprint density at radius 3 is 2.48 bits per heavy atom. The lowest BCUT2D eigenvalue weighted by molar-refractivity contribution is -0.131. The Kier molecular flexibility index (Phi) is 5.48. The molecule has 0 saturated carbocycles. The van der Waals surface area contributed by atoms with Crippen LogP contribution in [0.5, 0.6) is 17.4 Å². The van der Waals surface area contributed by atoms with Crippen LogP contribution in [0, 0.1) is 0 Å². The topological polar surface area (TPSA) is 64.6 Å². The number of aromatic nitrogens is 2. The van der Waals surface area contributed by atoms with Crippen LogP contribution in [0.1, 0.15) is 37.8 Å². The largest absolute Gasteiger partial charge is 0.497 e. The van der Waals surface area contributed by atoms with E-state index in [0.29, 0.717) is 24.0 Å². The number of methoxy groups -OCH3 is 1. The van der Waals surface area contributed by atoms with Crippen molar-refractivity contribution in [1.82, 2.24) is 14.9 Å². The van der Waals surface area contributed by atoms with Crippen LogP contribution in [0.3, 0.4) is 0 Å². The molecule has 6 nitrogen and oxygen atoms in total. The summed E-state index contributed by atoms with van der Waals surface area (Å²) in [6.07, 6.45) is 5.79. The van der Waals surface area contributed by atoms with Crippen LogP contribution in [0.15, 0.2) is 36.7 Å². The monoisotopic (exact) mass is 341 g/mol. The second-order valence-corrected chi connectivity index (χ2v) is 6.07. The normalized spacial score (nSPS) is 15.0. The Balaban J connectivity index is 1.64. The summed E-state index contributed by atoms with van der Waals surface area (Å²) in [5.74, 6) is 2.49. The van der Waals surface area contributed by atoms with Crippen molar-refractivity contribution in [1.29, 1.82) is 0 Å². The van der Waals surface area contributed by atoms with Crippen LogP contribution in [-0.2, 0) is 4.79 Å². The van der Waals surface area contributed by atoms with Crippen molar-refractivity contribution in [2.45, 2.75) is 32.1 Å². The molecule has 0 radical (unpaired) electrons. The van der Waals surface area contributed by atoms with Crippen LogP contribution >= 0.6 is 0 Å². The summed E-state index contributed by atoms with van der Waals surface area (Å²) in [6.45, 7) is 3.46. The molecule has 1 amide bonds. The number of piperidine rings is 1. The fraction of sp³-hybridized carbons (Fsp3) is 0.421. The third kappa shape index (κ3) is 4.26. The Bertz CT molecular complexity index is 710. The predicted molar refractivity (Wildman–Crippen MR) is 93.9 cm³/mol. The van der Waals surface area contributed by atoms with E-state index in [1.54, 1.807) is 19.5 Å². The average molecular weight is 341 g/mol. The van der Waals surface area contributed by atoms with Gasteiger partial charge in [-0.2, -0.15) is 0 Å². The highest BCUT2D eigenvalue weighted by Gasteiger charge is 2.24. The number of ether oxygens (including phenoxy) is 2. The molecule has 3 rings (SSSR count). The summed E-state index contributed by atoms with van der Waals surface area (Å²) < 4.78 is 10.9. The Morgan fingerprint density at radius 2 is 1.84 bits per heavy atom. The van der Waals surface area contributed by atoms with Gasteiger partial charge in [0.05, 0.1) is 19.0 Å². The summed E-state index contributed by atoms with van der Waals surface area (Å²) >= 11 is 0. The first-order valence-electron chi connectivity index (χ1n) is 8.61. The first-order valence-corrected chi connectivity index (χ1v) is 8.61. The molecule has 1 aromatic carbocycles. The van der Waals surface area contributed by atoms with E-state index in [1.165, 1.54) is 0 Å². The van der Waals surface area contributed by atoms with Gasteiger partial charge in [0.15, 0.2) is 0 Å². The molecule has 1 aliphatic heterocycles. The van der Waals surface area contributed by atoms with E-state index in [4.69, 9.17) is 9.47 Å². The van der Waals surface area contributed by atoms with Crippen molar-refractivity contribution < 1.29 is 14.3 Å². The number of benzene rings is 1. The highest BCUT2D eigenvalue weighted by atomic mass is 16.5. The standard InChI is InChI=1S/C19H23N3O3/c1-3-19(23)22-10-8-14(9-11-22)17-12-20-13-18(21-17)25-16-6-4-15(24-2)5-7-16/h4-7,12-14H,3,8-11H2,1-2H3. The van der Waals surface area contributed by atoms with Gasteiger partial charge in [-0.05, 0) is 37.1 Å². The van der Waals surface area contributed by atoms with Crippen molar-refractivity contribution in [3.05, 3.63) is 42.4 Å². The Morgan fingerprint density at radius 1 is 1.16 bits per heavy atom. The minimum absolute atomic E-state index is 0.223. The van der Waals surface area contributed by atoms with Crippen LogP contribution in [0.2, 0.25) is 0 Å². The maximum Gasteiger partial charge on any atom is 0.238 e. The number of carbonyl (C=O) groups excluding carboxylic acids is 1. The van der Waals surface area contributed by atoms with Crippen molar-refractivity contribution in [2.75, 3.05) is 20.2 Å². The number of amides is 1. The molecule has 0 unspecified atom stereocenters. The number of carbonyl (C=O) groups is 1. The molecular weight excluding hydrogens is 318 g/mol. The zero-order valence-corrected chi connectivity index (χ0v) is 14.6. The van der Waals surface area contributed by atoms with E-state index in [9.17, 15) is 4.79 Å². The molecule has 1 fully saturated rings. The minimum Gasteiger partial charge on any atom is -0.497 e. The zero-order chi connectivity index (χ0) is 17.6. The summed E-state index contributed by atoms with van der Waals surface area (Å²) in [5, 5.41) is 0. The van der Waals surface area contributed by atoms with Crippen LogP contribution in [0.25, 0.3) is 0 Å². The summed E-state index contributed by atoms with van der Waals surface area (Å²) in [7, 11) is 1.63. The molecule has 1 saturated heterocycles. The Labute approximate surface area is 147 Å². The summed E-state index contributed by atoms with van der Waals surface area (Å²) in [6, 6.07) is 7.35. The number of rotatable bonds is 5. The molecule has 0 aliphatic carbocycles. The van der Waals surface area contributed by atoms with E-state index in [1.807, 2.05) is 36.1 Å². The highest BCUT2D eigenvalue weighted by Crippen LogP contribution is 2.29. The smallest absolute Gasteiger partial charge is 0.238 e. The first kappa shape index (κ1) is 17.2. The molecular formula is C19H23N3O3. The lowest BCUT2D eigenvalue weighted by atomic mass is 9.93. The van der Waals surface area contributed by atoms with E-state index in [0.717, 1.165) is 37.4 Å². The predicted octanol–water partition coefficient (Wildman–Crippen LogP) is 3.39. The maximum absolute atomic E-state index is 11.8. The van der Waals surface area contributed by atoms with Gasteiger partial charge in [-0.15, -0.1) is 0 Å². The number of likely N-dealkylation sites (tertiary alicyclic amines) is 1. The van der Waals surface area contributed by atoms with Crippen molar-refractivity contribution >= 4 is 5.91 Å². The van der Waals surface area contributed by atoms with Crippen molar-refractivity contribution in [3.8, 4) is 17.4 Å². The van der Waals surface area contributed by atoms with Gasteiger partial charge >= 0.3 is 0 Å². The number of nitrogens with zero attached hydrogens (tertiary/aromatic N) is 3. The second-order valence-electron chi connectivity index (χ2n) is 6.07. The average Bonchev–Trinajstić information content (AvgIpc) is 2.68. The van der Waals surface area contributed by atoms with Gasteiger partial charge in [0, 0.05) is 31.6 Å².